The summed E-state index contributed by atoms with van der Waals surface area (Å²) < 4.78 is 0. The van der Waals surface area contributed by atoms with Gasteiger partial charge in [-0.05, 0) is 24.6 Å². The van der Waals surface area contributed by atoms with Crippen molar-refractivity contribution in [1.82, 2.24) is 4.90 Å². The molecule has 0 radical (unpaired) electrons. The van der Waals surface area contributed by atoms with Crippen LogP contribution in [0.15, 0.2) is 24.3 Å². The summed E-state index contributed by atoms with van der Waals surface area (Å²) >= 11 is 7.35. The molecule has 2 unspecified atom stereocenters. The molecule has 1 heterocycles. The van der Waals surface area contributed by atoms with E-state index in [4.69, 9.17) is 16.7 Å². The highest BCUT2D eigenvalue weighted by molar-refractivity contribution is 8.00. The van der Waals surface area contributed by atoms with Crippen molar-refractivity contribution in [3.05, 3.63) is 34.9 Å². The van der Waals surface area contributed by atoms with Gasteiger partial charge in [0.2, 0.25) is 5.91 Å². The highest BCUT2D eigenvalue weighted by Crippen LogP contribution is 2.29. The van der Waals surface area contributed by atoms with Gasteiger partial charge in [-0.15, -0.1) is 11.8 Å². The van der Waals surface area contributed by atoms with E-state index in [1.54, 1.807) is 18.2 Å². The molecule has 0 saturated carbocycles. The third-order valence-electron chi connectivity index (χ3n) is 3.04. The van der Waals surface area contributed by atoms with Crippen molar-refractivity contribution in [2.75, 3.05) is 5.75 Å². The minimum Gasteiger partial charge on any atom is -0.480 e. The Labute approximate surface area is 120 Å². The number of carboxylic acid groups (broad SMARTS) is 1. The maximum Gasteiger partial charge on any atom is 0.327 e. The number of halogens is 1. The highest BCUT2D eigenvalue weighted by Gasteiger charge is 2.39. The van der Waals surface area contributed by atoms with Crippen LogP contribution >= 0.6 is 23.4 Å². The molecule has 1 saturated heterocycles. The molecule has 1 fully saturated rings. The average Bonchev–Trinajstić information content (AvgIpc) is 2.71. The first-order chi connectivity index (χ1) is 8.99. The van der Waals surface area contributed by atoms with Crippen molar-refractivity contribution in [3.63, 3.8) is 0 Å². The monoisotopic (exact) mass is 299 g/mol. The lowest BCUT2D eigenvalue weighted by molar-refractivity contribution is -0.148. The molecule has 1 N–H and O–H groups in total. The Morgan fingerprint density at radius 2 is 2.26 bits per heavy atom. The Hall–Kier alpha value is -1.20. The van der Waals surface area contributed by atoms with Crippen molar-refractivity contribution < 1.29 is 14.7 Å². The van der Waals surface area contributed by atoms with Crippen LogP contribution < -0.4 is 0 Å². The second kappa shape index (κ2) is 5.84. The zero-order valence-corrected chi connectivity index (χ0v) is 11.9. The van der Waals surface area contributed by atoms with Crippen LogP contribution in [0.1, 0.15) is 12.5 Å². The molecule has 2 atom stereocenters. The Morgan fingerprint density at radius 1 is 1.53 bits per heavy atom. The van der Waals surface area contributed by atoms with E-state index >= 15 is 0 Å². The smallest absolute Gasteiger partial charge is 0.327 e. The Bertz CT molecular complexity index is 508. The van der Waals surface area contributed by atoms with Gasteiger partial charge in [-0.3, -0.25) is 4.79 Å². The van der Waals surface area contributed by atoms with Gasteiger partial charge in [-0.25, -0.2) is 4.79 Å². The molecule has 1 aromatic carbocycles. The van der Waals surface area contributed by atoms with Crippen LogP contribution in [0.5, 0.6) is 0 Å². The third kappa shape index (κ3) is 3.22. The molecule has 0 aromatic heterocycles. The second-order valence-electron chi connectivity index (χ2n) is 4.39. The first kappa shape index (κ1) is 14.2. The summed E-state index contributed by atoms with van der Waals surface area (Å²) in [6.45, 7) is 1.85. The first-order valence-corrected chi connectivity index (χ1v) is 7.31. The van der Waals surface area contributed by atoms with Crippen LogP contribution in [0.4, 0.5) is 0 Å². The van der Waals surface area contributed by atoms with E-state index in [-0.39, 0.29) is 17.7 Å². The second-order valence-corrected chi connectivity index (χ2v) is 6.18. The predicted molar refractivity (Wildman–Crippen MR) is 75.3 cm³/mol. The van der Waals surface area contributed by atoms with E-state index in [2.05, 4.69) is 0 Å². The van der Waals surface area contributed by atoms with Crippen molar-refractivity contribution in [2.45, 2.75) is 24.8 Å². The molecule has 19 heavy (non-hydrogen) atoms. The van der Waals surface area contributed by atoms with E-state index in [0.29, 0.717) is 10.8 Å². The lowest BCUT2D eigenvalue weighted by atomic mass is 10.1. The van der Waals surface area contributed by atoms with Crippen LogP contribution in [-0.4, -0.2) is 39.1 Å². The molecular weight excluding hydrogens is 286 g/mol. The molecule has 1 amide bonds. The Kier molecular flexibility index (Phi) is 4.37. The minimum atomic E-state index is -0.948. The van der Waals surface area contributed by atoms with Crippen LogP contribution in [-0.2, 0) is 16.0 Å². The highest BCUT2D eigenvalue weighted by atomic mass is 35.5. The fourth-order valence-corrected chi connectivity index (χ4v) is 3.53. The van der Waals surface area contributed by atoms with Gasteiger partial charge in [0.05, 0.1) is 11.8 Å². The Balaban J connectivity index is 2.12. The molecule has 4 nitrogen and oxygen atoms in total. The third-order valence-corrected chi connectivity index (χ3v) is 4.49. The van der Waals surface area contributed by atoms with Crippen LogP contribution in [0, 0.1) is 0 Å². The Morgan fingerprint density at radius 3 is 2.89 bits per heavy atom. The van der Waals surface area contributed by atoms with Gasteiger partial charge < -0.3 is 10.0 Å². The molecule has 102 valence electrons. The molecule has 6 heteroatoms. The average molecular weight is 300 g/mol. The van der Waals surface area contributed by atoms with Crippen molar-refractivity contribution in [1.29, 1.82) is 0 Å². The van der Waals surface area contributed by atoms with Crippen molar-refractivity contribution in [3.8, 4) is 0 Å². The van der Waals surface area contributed by atoms with Gasteiger partial charge in [0, 0.05) is 10.8 Å². The zero-order valence-electron chi connectivity index (χ0n) is 10.4. The minimum absolute atomic E-state index is 0.104. The number of rotatable bonds is 3. The van der Waals surface area contributed by atoms with Gasteiger partial charge in [0.15, 0.2) is 0 Å². The van der Waals surface area contributed by atoms with Crippen LogP contribution in [0.25, 0.3) is 0 Å². The van der Waals surface area contributed by atoms with E-state index in [0.717, 1.165) is 5.56 Å². The maximum absolute atomic E-state index is 12.3. The number of carboxylic acids is 1. The maximum atomic E-state index is 12.3. The summed E-state index contributed by atoms with van der Waals surface area (Å²) in [7, 11) is 0. The molecule has 1 aromatic rings. The van der Waals surface area contributed by atoms with Gasteiger partial charge in [0.25, 0.3) is 0 Å². The number of hydrogen-bond acceptors (Lipinski definition) is 3. The van der Waals surface area contributed by atoms with E-state index in [9.17, 15) is 9.59 Å². The van der Waals surface area contributed by atoms with Gasteiger partial charge in [-0.2, -0.15) is 0 Å². The molecule has 2 rings (SSSR count). The standard InChI is InChI=1S/C13H14ClNO3S/c1-8-15(11(7-19-8)13(17)18)12(16)6-9-3-2-4-10(14)5-9/h2-5,8,11H,6-7H2,1H3,(H,17,18). The normalized spacial score (nSPS) is 22.5. The first-order valence-electron chi connectivity index (χ1n) is 5.89. The van der Waals surface area contributed by atoms with Crippen LogP contribution in [0.3, 0.4) is 0 Å². The topological polar surface area (TPSA) is 57.6 Å². The molecule has 1 aliphatic rings. The number of aliphatic carboxylic acids is 1. The zero-order chi connectivity index (χ0) is 14.0. The number of thioether (sulfide) groups is 1. The van der Waals surface area contributed by atoms with E-state index in [1.165, 1.54) is 16.7 Å². The molecule has 0 aliphatic carbocycles. The quantitative estimate of drug-likeness (QED) is 0.930. The lowest BCUT2D eigenvalue weighted by Gasteiger charge is -2.25. The van der Waals surface area contributed by atoms with Gasteiger partial charge in [-0.1, -0.05) is 23.7 Å². The number of amides is 1. The number of nitrogens with zero attached hydrogens (tertiary/aromatic N) is 1. The summed E-state index contributed by atoms with van der Waals surface area (Å²) in [6, 6.07) is 6.33. The molecule has 1 aliphatic heterocycles. The molecule has 0 bridgehead atoms. The van der Waals surface area contributed by atoms with E-state index < -0.39 is 12.0 Å². The summed E-state index contributed by atoms with van der Waals surface area (Å²) in [4.78, 5) is 24.8. The fraction of sp³-hybridized carbons (Fsp3) is 0.385. The summed E-state index contributed by atoms with van der Waals surface area (Å²) in [6.07, 6.45) is 0.176. The number of benzene rings is 1. The van der Waals surface area contributed by atoms with Gasteiger partial charge in [0.1, 0.15) is 6.04 Å². The number of carbonyl (C=O) groups excluding carboxylic acids is 1. The summed E-state index contributed by atoms with van der Waals surface area (Å²) in [5.74, 6) is -0.680. The predicted octanol–water partition coefficient (Wildman–Crippen LogP) is 2.26. The SMILES string of the molecule is CC1SCC(C(=O)O)N1C(=O)Cc1cccc(Cl)c1. The van der Waals surface area contributed by atoms with Crippen molar-refractivity contribution >= 4 is 35.2 Å². The summed E-state index contributed by atoms with van der Waals surface area (Å²) in [5, 5.41) is 9.60. The van der Waals surface area contributed by atoms with E-state index in [1.807, 2.05) is 13.0 Å². The largest absolute Gasteiger partial charge is 0.480 e. The number of carbonyl (C=O) groups is 2. The summed E-state index contributed by atoms with van der Waals surface area (Å²) in [5.41, 5.74) is 0.797. The van der Waals surface area contributed by atoms with Crippen LogP contribution in [0.2, 0.25) is 5.02 Å². The molecule has 0 spiro atoms. The van der Waals surface area contributed by atoms with Gasteiger partial charge >= 0.3 is 5.97 Å². The number of hydrogen-bond donors (Lipinski definition) is 1. The van der Waals surface area contributed by atoms with Crippen molar-refractivity contribution in [2.24, 2.45) is 0 Å². The fourth-order valence-electron chi connectivity index (χ4n) is 2.12. The molecular formula is C13H14ClNO3S. The lowest BCUT2D eigenvalue weighted by Crippen LogP contribution is -2.45.